The van der Waals surface area contributed by atoms with Crippen molar-refractivity contribution in [3.05, 3.63) is 57.8 Å². The van der Waals surface area contributed by atoms with E-state index in [2.05, 4.69) is 0 Å². The normalized spacial score (nSPS) is 12.5. The number of halogens is 3. The Labute approximate surface area is 127 Å². The van der Waals surface area contributed by atoms with Crippen LogP contribution in [0.4, 0.5) is 13.2 Å². The van der Waals surface area contributed by atoms with Gasteiger partial charge in [-0.15, -0.1) is 11.3 Å². The smallest absolute Gasteiger partial charge is 0.292 e. The summed E-state index contributed by atoms with van der Waals surface area (Å²) >= 11 is 1.09. The molecule has 0 amide bonds. The lowest BCUT2D eigenvalue weighted by Gasteiger charge is -2.09. The van der Waals surface area contributed by atoms with E-state index in [-0.39, 0.29) is 10.4 Å². The van der Waals surface area contributed by atoms with Crippen LogP contribution in [0.3, 0.4) is 0 Å². The average molecular weight is 323 g/mol. The molecule has 3 nitrogen and oxygen atoms in total. The van der Waals surface area contributed by atoms with E-state index < -0.39 is 29.2 Å². The summed E-state index contributed by atoms with van der Waals surface area (Å²) in [5.74, 6) is -3.02. The molecule has 0 bridgehead atoms. The standard InChI is InChI=1S/C15H8F3NO2S/c16-15(17,18)10-5-3-9(4-6-10)13(20)11(8-19)14(21)12-2-1-7-22-12/h1-7,11H/t11-/m0/s1. The van der Waals surface area contributed by atoms with Gasteiger partial charge in [0.25, 0.3) is 0 Å². The molecule has 0 N–H and O–H groups in total. The molecule has 0 radical (unpaired) electrons. The zero-order valence-electron chi connectivity index (χ0n) is 10.9. The highest BCUT2D eigenvalue weighted by atomic mass is 32.1. The molecule has 1 aromatic carbocycles. The van der Waals surface area contributed by atoms with Crippen LogP contribution in [-0.4, -0.2) is 11.6 Å². The molecule has 0 aliphatic heterocycles. The van der Waals surface area contributed by atoms with Gasteiger partial charge in [-0.3, -0.25) is 9.59 Å². The maximum absolute atomic E-state index is 12.5. The van der Waals surface area contributed by atoms with Gasteiger partial charge in [-0.25, -0.2) is 0 Å². The van der Waals surface area contributed by atoms with Crippen molar-refractivity contribution >= 4 is 22.9 Å². The van der Waals surface area contributed by atoms with E-state index >= 15 is 0 Å². The minimum absolute atomic E-state index is 0.107. The average Bonchev–Trinajstić information content (AvgIpc) is 3.01. The van der Waals surface area contributed by atoms with Crippen LogP contribution >= 0.6 is 11.3 Å². The van der Waals surface area contributed by atoms with Gasteiger partial charge in [-0.1, -0.05) is 18.2 Å². The third-order valence-electron chi connectivity index (χ3n) is 2.91. The number of hydrogen-bond acceptors (Lipinski definition) is 4. The van der Waals surface area contributed by atoms with Gasteiger partial charge >= 0.3 is 6.18 Å². The molecule has 0 aliphatic carbocycles. The Morgan fingerprint density at radius 2 is 1.73 bits per heavy atom. The first-order valence-corrected chi connectivity index (χ1v) is 6.91. The number of nitriles is 1. The van der Waals surface area contributed by atoms with Crippen molar-refractivity contribution in [2.24, 2.45) is 5.92 Å². The quantitative estimate of drug-likeness (QED) is 0.632. The number of carbonyl (C=O) groups is 2. The second kappa shape index (κ2) is 6.12. The Hall–Kier alpha value is -2.46. The van der Waals surface area contributed by atoms with Crippen LogP contribution in [0.1, 0.15) is 25.6 Å². The Kier molecular flexibility index (Phi) is 4.43. The largest absolute Gasteiger partial charge is 0.416 e. The molecule has 2 rings (SSSR count). The monoisotopic (exact) mass is 323 g/mol. The molecule has 0 saturated carbocycles. The lowest BCUT2D eigenvalue weighted by atomic mass is 9.93. The molecule has 0 aliphatic rings. The summed E-state index contributed by atoms with van der Waals surface area (Å²) in [6.45, 7) is 0. The van der Waals surface area contributed by atoms with E-state index in [1.165, 1.54) is 6.07 Å². The maximum atomic E-state index is 12.5. The number of benzene rings is 1. The van der Waals surface area contributed by atoms with Crippen LogP contribution in [0.2, 0.25) is 0 Å². The molecule has 0 unspecified atom stereocenters. The summed E-state index contributed by atoms with van der Waals surface area (Å²) in [7, 11) is 0. The zero-order valence-corrected chi connectivity index (χ0v) is 11.7. The highest BCUT2D eigenvalue weighted by Gasteiger charge is 2.32. The van der Waals surface area contributed by atoms with Crippen LogP contribution < -0.4 is 0 Å². The van der Waals surface area contributed by atoms with Gasteiger partial charge in [0.15, 0.2) is 17.5 Å². The van der Waals surface area contributed by atoms with Crippen molar-refractivity contribution in [2.75, 3.05) is 0 Å². The van der Waals surface area contributed by atoms with Crippen molar-refractivity contribution in [2.45, 2.75) is 6.18 Å². The predicted octanol–water partition coefficient (Wildman–Crippen LogP) is 3.97. The van der Waals surface area contributed by atoms with E-state index in [1.54, 1.807) is 17.5 Å². The van der Waals surface area contributed by atoms with E-state index in [1.807, 2.05) is 0 Å². The van der Waals surface area contributed by atoms with Crippen molar-refractivity contribution in [3.63, 3.8) is 0 Å². The molecule has 22 heavy (non-hydrogen) atoms. The summed E-state index contributed by atoms with van der Waals surface area (Å²) in [5, 5.41) is 10.7. The van der Waals surface area contributed by atoms with Gasteiger partial charge in [0, 0.05) is 5.56 Å². The molecule has 2 aromatic rings. The van der Waals surface area contributed by atoms with Crippen LogP contribution in [0.15, 0.2) is 41.8 Å². The third-order valence-corrected chi connectivity index (χ3v) is 3.80. The molecule has 0 fully saturated rings. The van der Waals surface area contributed by atoms with E-state index in [0.717, 1.165) is 35.6 Å². The van der Waals surface area contributed by atoms with Crippen LogP contribution in [-0.2, 0) is 6.18 Å². The molecule has 0 spiro atoms. The van der Waals surface area contributed by atoms with E-state index in [4.69, 9.17) is 5.26 Å². The molecule has 1 aromatic heterocycles. The topological polar surface area (TPSA) is 57.9 Å². The maximum Gasteiger partial charge on any atom is 0.416 e. The molecule has 7 heteroatoms. The van der Waals surface area contributed by atoms with Crippen LogP contribution in [0, 0.1) is 17.2 Å². The zero-order chi connectivity index (χ0) is 16.3. The van der Waals surface area contributed by atoms with Gasteiger partial charge in [0.05, 0.1) is 16.5 Å². The molecule has 1 heterocycles. The summed E-state index contributed by atoms with van der Waals surface area (Å²) < 4.78 is 37.4. The molecular formula is C15H8F3NO2S. The Bertz CT molecular complexity index is 728. The molecule has 1 atom stereocenters. The van der Waals surface area contributed by atoms with Gasteiger partial charge in [-0.05, 0) is 23.6 Å². The van der Waals surface area contributed by atoms with Crippen molar-refractivity contribution in [1.29, 1.82) is 5.26 Å². The number of Topliss-reactive ketones (excluding diaryl/α,β-unsaturated/α-hetero) is 2. The summed E-state index contributed by atoms with van der Waals surface area (Å²) in [5.41, 5.74) is -1.01. The number of thiophene rings is 1. The lowest BCUT2D eigenvalue weighted by molar-refractivity contribution is -0.137. The summed E-state index contributed by atoms with van der Waals surface area (Å²) in [6, 6.07) is 8.14. The fourth-order valence-corrected chi connectivity index (χ4v) is 2.48. The first-order valence-electron chi connectivity index (χ1n) is 6.03. The molecular weight excluding hydrogens is 315 g/mol. The number of ketones is 2. The fraction of sp³-hybridized carbons (Fsp3) is 0.133. The van der Waals surface area contributed by atoms with Crippen molar-refractivity contribution in [3.8, 4) is 6.07 Å². The van der Waals surface area contributed by atoms with Crippen LogP contribution in [0.25, 0.3) is 0 Å². The predicted molar refractivity (Wildman–Crippen MR) is 73.5 cm³/mol. The minimum atomic E-state index is -4.51. The SMILES string of the molecule is N#C[C@@H](C(=O)c1ccc(C(F)(F)F)cc1)C(=O)c1cccs1. The Morgan fingerprint density at radius 3 is 2.18 bits per heavy atom. The van der Waals surface area contributed by atoms with Gasteiger partial charge in [-0.2, -0.15) is 18.4 Å². The number of alkyl halides is 3. The van der Waals surface area contributed by atoms with Crippen molar-refractivity contribution in [1.82, 2.24) is 0 Å². The molecule has 0 saturated heterocycles. The highest BCUT2D eigenvalue weighted by Crippen LogP contribution is 2.29. The lowest BCUT2D eigenvalue weighted by Crippen LogP contribution is -2.22. The third kappa shape index (κ3) is 3.23. The highest BCUT2D eigenvalue weighted by molar-refractivity contribution is 7.12. The molecule has 112 valence electrons. The Morgan fingerprint density at radius 1 is 1.09 bits per heavy atom. The fourth-order valence-electron chi connectivity index (χ4n) is 1.79. The summed E-state index contributed by atoms with van der Waals surface area (Å²) in [4.78, 5) is 24.5. The minimum Gasteiger partial charge on any atom is -0.292 e. The first-order chi connectivity index (χ1) is 10.3. The number of hydrogen-bond donors (Lipinski definition) is 0. The Balaban J connectivity index is 2.26. The van der Waals surface area contributed by atoms with Crippen molar-refractivity contribution < 1.29 is 22.8 Å². The van der Waals surface area contributed by atoms with Crippen LogP contribution in [0.5, 0.6) is 0 Å². The number of carbonyl (C=O) groups excluding carboxylic acids is 2. The van der Waals surface area contributed by atoms with E-state index in [0.29, 0.717) is 0 Å². The van der Waals surface area contributed by atoms with E-state index in [9.17, 15) is 22.8 Å². The number of rotatable bonds is 4. The van der Waals surface area contributed by atoms with Gasteiger partial charge in [0.2, 0.25) is 0 Å². The number of nitrogens with zero attached hydrogens (tertiary/aromatic N) is 1. The second-order valence-electron chi connectivity index (χ2n) is 4.34. The first kappa shape index (κ1) is 15.9. The summed E-state index contributed by atoms with van der Waals surface area (Å²) in [6.07, 6.45) is -4.51. The second-order valence-corrected chi connectivity index (χ2v) is 5.29. The van der Waals surface area contributed by atoms with Gasteiger partial charge in [0.1, 0.15) is 0 Å². The van der Waals surface area contributed by atoms with Gasteiger partial charge < -0.3 is 0 Å².